The molecule has 0 aliphatic rings. The molecule has 0 saturated carbocycles. The van der Waals surface area contributed by atoms with E-state index in [1.165, 1.54) is 11.3 Å². The summed E-state index contributed by atoms with van der Waals surface area (Å²) in [4.78, 5) is 4.23. The van der Waals surface area contributed by atoms with Gasteiger partial charge in [0.2, 0.25) is 14.2 Å². The number of fused-ring (bicyclic) bond motifs is 1. The standard InChI is InChI=1S/C14H10BrNO2S2/c15-11-6-2-1-5-10(11)9-20(17,18)14-16-12-7-3-4-8-13(12)19-14/h1-8H,9H2. The van der Waals surface area contributed by atoms with Crippen molar-refractivity contribution in [2.45, 2.75) is 10.1 Å². The highest BCUT2D eigenvalue weighted by atomic mass is 79.9. The summed E-state index contributed by atoms with van der Waals surface area (Å²) in [5.74, 6) is -0.0474. The van der Waals surface area contributed by atoms with Crippen molar-refractivity contribution in [3.05, 3.63) is 58.6 Å². The fourth-order valence-electron chi connectivity index (χ4n) is 1.87. The molecule has 102 valence electrons. The Bertz CT molecular complexity index is 839. The Morgan fingerprint density at radius 1 is 1.05 bits per heavy atom. The second-order valence-corrected chi connectivity index (χ2v) is 8.35. The highest BCUT2D eigenvalue weighted by Crippen LogP contribution is 2.28. The molecule has 20 heavy (non-hydrogen) atoms. The first-order valence-electron chi connectivity index (χ1n) is 5.88. The van der Waals surface area contributed by atoms with Gasteiger partial charge in [-0.2, -0.15) is 0 Å². The summed E-state index contributed by atoms with van der Waals surface area (Å²) >= 11 is 4.59. The summed E-state index contributed by atoms with van der Waals surface area (Å²) in [6.07, 6.45) is 0. The maximum atomic E-state index is 12.5. The van der Waals surface area contributed by atoms with Crippen LogP contribution in [-0.2, 0) is 15.6 Å². The molecule has 1 heterocycles. The molecule has 3 aromatic rings. The van der Waals surface area contributed by atoms with E-state index in [2.05, 4.69) is 20.9 Å². The van der Waals surface area contributed by atoms with E-state index in [1.54, 1.807) is 6.07 Å². The first-order valence-corrected chi connectivity index (χ1v) is 9.14. The predicted molar refractivity (Wildman–Crippen MR) is 84.7 cm³/mol. The largest absolute Gasteiger partial charge is 0.225 e. The van der Waals surface area contributed by atoms with Crippen LogP contribution in [0.2, 0.25) is 0 Å². The minimum absolute atomic E-state index is 0.0474. The van der Waals surface area contributed by atoms with Crippen molar-refractivity contribution in [1.29, 1.82) is 0 Å². The van der Waals surface area contributed by atoms with E-state index in [1.807, 2.05) is 42.5 Å². The molecule has 2 aromatic carbocycles. The van der Waals surface area contributed by atoms with E-state index in [-0.39, 0.29) is 10.1 Å². The lowest BCUT2D eigenvalue weighted by atomic mass is 10.2. The smallest absolute Gasteiger partial charge is 0.210 e. The van der Waals surface area contributed by atoms with Crippen LogP contribution in [0, 0.1) is 0 Å². The summed E-state index contributed by atoms with van der Waals surface area (Å²) < 4.78 is 26.8. The number of aromatic nitrogens is 1. The third-order valence-electron chi connectivity index (χ3n) is 2.84. The molecule has 0 bridgehead atoms. The second-order valence-electron chi connectivity index (χ2n) is 4.30. The molecule has 0 spiro atoms. The molecule has 0 amide bonds. The van der Waals surface area contributed by atoms with Gasteiger partial charge in [0.05, 0.1) is 16.0 Å². The van der Waals surface area contributed by atoms with Crippen LogP contribution in [0.5, 0.6) is 0 Å². The van der Waals surface area contributed by atoms with E-state index in [0.717, 1.165) is 20.3 Å². The van der Waals surface area contributed by atoms with Gasteiger partial charge >= 0.3 is 0 Å². The lowest BCUT2D eigenvalue weighted by Crippen LogP contribution is -2.04. The first-order chi connectivity index (χ1) is 9.56. The van der Waals surface area contributed by atoms with Crippen LogP contribution in [0.25, 0.3) is 10.2 Å². The van der Waals surface area contributed by atoms with Crippen LogP contribution in [0.1, 0.15) is 5.56 Å². The molecule has 0 saturated heterocycles. The lowest BCUT2D eigenvalue weighted by molar-refractivity contribution is 0.594. The summed E-state index contributed by atoms with van der Waals surface area (Å²) in [5.41, 5.74) is 1.47. The van der Waals surface area contributed by atoms with Crippen LogP contribution in [0.3, 0.4) is 0 Å². The molecular formula is C14H10BrNO2S2. The Kier molecular flexibility index (Phi) is 3.62. The van der Waals surface area contributed by atoms with Gasteiger partial charge in [-0.05, 0) is 23.8 Å². The third kappa shape index (κ3) is 2.63. The van der Waals surface area contributed by atoms with Crippen LogP contribution >= 0.6 is 27.3 Å². The van der Waals surface area contributed by atoms with Crippen LogP contribution < -0.4 is 0 Å². The number of para-hydroxylation sites is 1. The van der Waals surface area contributed by atoms with E-state index >= 15 is 0 Å². The summed E-state index contributed by atoms with van der Waals surface area (Å²) in [6.45, 7) is 0. The van der Waals surface area contributed by atoms with Crippen molar-refractivity contribution in [2.24, 2.45) is 0 Å². The van der Waals surface area contributed by atoms with E-state index in [9.17, 15) is 8.42 Å². The number of benzene rings is 2. The predicted octanol–water partition coefficient (Wildman–Crippen LogP) is 4.03. The molecule has 0 aliphatic carbocycles. The molecule has 0 fully saturated rings. The molecule has 1 aromatic heterocycles. The zero-order chi connectivity index (χ0) is 14.2. The normalized spacial score (nSPS) is 11.8. The number of hydrogen-bond acceptors (Lipinski definition) is 4. The molecular weight excluding hydrogens is 358 g/mol. The lowest BCUT2D eigenvalue weighted by Gasteiger charge is -2.03. The van der Waals surface area contributed by atoms with Gasteiger partial charge in [-0.1, -0.05) is 46.3 Å². The van der Waals surface area contributed by atoms with Gasteiger partial charge in [0, 0.05) is 4.47 Å². The van der Waals surface area contributed by atoms with Crippen molar-refractivity contribution >= 4 is 47.3 Å². The number of thiazole rings is 1. The number of sulfone groups is 1. The SMILES string of the molecule is O=S(=O)(Cc1ccccc1Br)c1nc2ccccc2s1. The van der Waals surface area contributed by atoms with Crippen molar-refractivity contribution < 1.29 is 8.42 Å². The molecule has 3 nitrogen and oxygen atoms in total. The van der Waals surface area contributed by atoms with Gasteiger partial charge in [-0.25, -0.2) is 13.4 Å². The van der Waals surface area contributed by atoms with Gasteiger partial charge in [0.1, 0.15) is 0 Å². The van der Waals surface area contributed by atoms with Gasteiger partial charge < -0.3 is 0 Å². The Hall–Kier alpha value is -1.24. The fourth-order valence-corrected chi connectivity index (χ4v) is 5.15. The highest BCUT2D eigenvalue weighted by molar-refractivity contribution is 9.10. The average Bonchev–Trinajstić information content (AvgIpc) is 2.86. The minimum Gasteiger partial charge on any atom is -0.225 e. The van der Waals surface area contributed by atoms with E-state index < -0.39 is 9.84 Å². The Labute approximate surface area is 129 Å². The minimum atomic E-state index is -3.42. The van der Waals surface area contributed by atoms with Crippen molar-refractivity contribution in [1.82, 2.24) is 4.98 Å². The van der Waals surface area contributed by atoms with Gasteiger partial charge in [-0.15, -0.1) is 11.3 Å². The van der Waals surface area contributed by atoms with Crippen LogP contribution in [0.4, 0.5) is 0 Å². The maximum absolute atomic E-state index is 12.5. The molecule has 6 heteroatoms. The van der Waals surface area contributed by atoms with Crippen molar-refractivity contribution in [3.8, 4) is 0 Å². The molecule has 0 N–H and O–H groups in total. The molecule has 0 aliphatic heterocycles. The number of hydrogen-bond donors (Lipinski definition) is 0. The topological polar surface area (TPSA) is 47.0 Å². The Balaban J connectivity index is 2.01. The second kappa shape index (κ2) is 5.27. The summed E-state index contributed by atoms with van der Waals surface area (Å²) in [5, 5.41) is 0. The Morgan fingerprint density at radius 3 is 2.50 bits per heavy atom. The summed E-state index contributed by atoms with van der Waals surface area (Å²) in [7, 11) is -3.42. The number of nitrogens with zero attached hydrogens (tertiary/aromatic N) is 1. The molecule has 3 rings (SSSR count). The zero-order valence-corrected chi connectivity index (χ0v) is 13.5. The van der Waals surface area contributed by atoms with Crippen LogP contribution in [-0.4, -0.2) is 13.4 Å². The molecule has 0 radical (unpaired) electrons. The fraction of sp³-hybridized carbons (Fsp3) is 0.0714. The summed E-state index contributed by atoms with van der Waals surface area (Å²) in [6, 6.07) is 14.8. The monoisotopic (exact) mass is 367 g/mol. The van der Waals surface area contributed by atoms with Gasteiger partial charge in [0.25, 0.3) is 0 Å². The van der Waals surface area contributed by atoms with Crippen molar-refractivity contribution in [3.63, 3.8) is 0 Å². The van der Waals surface area contributed by atoms with E-state index in [4.69, 9.17) is 0 Å². The maximum Gasteiger partial charge on any atom is 0.210 e. The van der Waals surface area contributed by atoms with Gasteiger partial charge in [0.15, 0.2) is 0 Å². The number of halogens is 1. The number of rotatable bonds is 3. The van der Waals surface area contributed by atoms with Crippen molar-refractivity contribution in [2.75, 3.05) is 0 Å². The zero-order valence-electron chi connectivity index (χ0n) is 10.3. The first kappa shape index (κ1) is 13.7. The highest BCUT2D eigenvalue weighted by Gasteiger charge is 2.21. The third-order valence-corrected chi connectivity index (χ3v) is 6.77. The van der Waals surface area contributed by atoms with E-state index in [0.29, 0.717) is 0 Å². The van der Waals surface area contributed by atoms with Crippen LogP contribution in [0.15, 0.2) is 57.3 Å². The quantitative estimate of drug-likeness (QED) is 0.701. The van der Waals surface area contributed by atoms with Gasteiger partial charge in [-0.3, -0.25) is 0 Å². The molecule has 0 atom stereocenters. The molecule has 0 unspecified atom stereocenters. The average molecular weight is 368 g/mol. The Morgan fingerprint density at radius 2 is 1.75 bits per heavy atom.